The fraction of sp³-hybridized carbons (Fsp3) is 0.440. The first-order valence-corrected chi connectivity index (χ1v) is 12.7. The Morgan fingerprint density at radius 1 is 1.10 bits per heavy atom. The zero-order chi connectivity index (χ0) is 21.1. The average molecular weight is 425 g/mol. The minimum atomic E-state index is -2.88. The van der Waals surface area contributed by atoms with Gasteiger partial charge in [-0.25, -0.2) is 8.42 Å². The monoisotopic (exact) mass is 424 g/mol. The highest BCUT2D eigenvalue weighted by molar-refractivity contribution is 7.97. The summed E-state index contributed by atoms with van der Waals surface area (Å²) in [5, 5.41) is 5.09. The van der Waals surface area contributed by atoms with E-state index in [1.54, 1.807) is 24.3 Å². The van der Waals surface area contributed by atoms with Gasteiger partial charge >= 0.3 is 0 Å². The lowest BCUT2D eigenvalue weighted by Crippen LogP contribution is -2.27. The Labute approximate surface area is 180 Å². The molecular weight excluding hydrogens is 392 g/mol. The Morgan fingerprint density at radius 2 is 1.87 bits per heavy atom. The average Bonchev–Trinajstić information content (AvgIpc) is 3.20. The second-order valence-corrected chi connectivity index (χ2v) is 10.4. The predicted octanol–water partition coefficient (Wildman–Crippen LogP) is 5.59. The van der Waals surface area contributed by atoms with Crippen LogP contribution in [0.4, 0.5) is 0 Å². The van der Waals surface area contributed by atoms with Crippen LogP contribution < -0.4 is 5.32 Å². The van der Waals surface area contributed by atoms with E-state index in [9.17, 15) is 8.42 Å². The number of rotatable bonds is 6. The summed E-state index contributed by atoms with van der Waals surface area (Å²) in [5.41, 5.74) is 4.26. The molecular formula is C25H32N2O2S. The maximum Gasteiger partial charge on any atom is 0.209 e. The van der Waals surface area contributed by atoms with Gasteiger partial charge in [0.05, 0.1) is 9.79 Å². The maximum atomic E-state index is 10.7. The molecule has 0 spiro atoms. The molecule has 5 heteroatoms. The molecule has 160 valence electrons. The molecule has 4 nitrogen and oxygen atoms in total. The fourth-order valence-corrected chi connectivity index (χ4v) is 5.81. The number of benzene rings is 2. The van der Waals surface area contributed by atoms with E-state index in [2.05, 4.69) is 48.5 Å². The molecule has 0 bridgehead atoms. The van der Waals surface area contributed by atoms with Gasteiger partial charge in [-0.3, -0.25) is 0 Å². The predicted molar refractivity (Wildman–Crippen MR) is 123 cm³/mol. The van der Waals surface area contributed by atoms with Gasteiger partial charge in [0, 0.05) is 23.1 Å². The number of unbranched alkanes of at least 4 members (excludes halogenated alkanes) is 2. The maximum absolute atomic E-state index is 10.7. The molecule has 3 aromatic rings. The second-order valence-electron chi connectivity index (χ2n) is 8.52. The van der Waals surface area contributed by atoms with Gasteiger partial charge in [-0.15, -0.1) is 0 Å². The van der Waals surface area contributed by atoms with Crippen LogP contribution in [0.1, 0.15) is 63.0 Å². The quantitative estimate of drug-likeness (QED) is 0.313. The van der Waals surface area contributed by atoms with Crippen molar-refractivity contribution >= 4 is 20.7 Å². The number of H-pyrrole nitrogens is 1. The van der Waals surface area contributed by atoms with Crippen LogP contribution in [0, 0.1) is 0 Å². The van der Waals surface area contributed by atoms with Gasteiger partial charge < -0.3 is 10.3 Å². The number of sulfone groups is 1. The molecule has 3 heterocycles. The van der Waals surface area contributed by atoms with Crippen LogP contribution in [0.2, 0.25) is 0 Å². The topological polar surface area (TPSA) is 62.0 Å². The van der Waals surface area contributed by atoms with Crippen molar-refractivity contribution in [3.63, 3.8) is 0 Å². The highest BCUT2D eigenvalue weighted by Gasteiger charge is 2.37. The molecule has 2 aliphatic heterocycles. The summed E-state index contributed by atoms with van der Waals surface area (Å²) < 4.78 is 21.5. The standard InChI is InChI=1S/C19H28N2.C6H4O2S/c1-3-4-5-7-15-9-10-19-16(12-15)17(13-21-19)14(2)18-8-6-11-20-18;7-9(8)5-3-1-2-4-6(5)9/h9-10,12-14,18,20-21H,3-8,11H2,1-2H3;1-4H. The molecule has 2 atom stereocenters. The van der Waals surface area contributed by atoms with Crippen LogP contribution in [-0.4, -0.2) is 26.0 Å². The number of nitrogens with one attached hydrogen (secondary N) is 2. The van der Waals surface area contributed by atoms with Gasteiger partial charge in [0.1, 0.15) is 0 Å². The Hall–Kier alpha value is -2.11. The molecule has 2 aliphatic rings. The van der Waals surface area contributed by atoms with Crippen molar-refractivity contribution < 1.29 is 8.42 Å². The Bertz CT molecular complexity index is 1080. The first-order valence-electron chi connectivity index (χ1n) is 11.2. The normalized spacial score (nSPS) is 19.7. The van der Waals surface area contributed by atoms with Crippen LogP contribution >= 0.6 is 0 Å². The van der Waals surface area contributed by atoms with E-state index in [-0.39, 0.29) is 0 Å². The van der Waals surface area contributed by atoms with Gasteiger partial charge in [-0.2, -0.15) is 0 Å². The van der Waals surface area contributed by atoms with E-state index < -0.39 is 9.84 Å². The van der Waals surface area contributed by atoms with E-state index in [0.29, 0.717) is 21.8 Å². The van der Waals surface area contributed by atoms with E-state index in [1.165, 1.54) is 67.1 Å². The van der Waals surface area contributed by atoms with E-state index in [4.69, 9.17) is 0 Å². The SMILES string of the molecule is CCCCCc1ccc2[nH]cc(C(C)C3CCCN3)c2c1.O=S1(=O)c2ccccc21. The summed E-state index contributed by atoms with van der Waals surface area (Å²) in [7, 11) is -2.88. The molecule has 2 unspecified atom stereocenters. The minimum absolute atomic E-state index is 0.491. The number of hydrogen-bond donors (Lipinski definition) is 2. The molecule has 30 heavy (non-hydrogen) atoms. The first kappa shape index (κ1) is 21.1. The summed E-state index contributed by atoms with van der Waals surface area (Å²) >= 11 is 0. The Balaban J connectivity index is 0.000000200. The number of aromatic nitrogens is 1. The zero-order valence-electron chi connectivity index (χ0n) is 17.9. The Kier molecular flexibility index (Phi) is 6.30. The molecule has 2 aromatic carbocycles. The molecule has 5 rings (SSSR count). The molecule has 0 aliphatic carbocycles. The van der Waals surface area contributed by atoms with Gasteiger partial charge in [-0.1, -0.05) is 44.9 Å². The highest BCUT2D eigenvalue weighted by Crippen LogP contribution is 2.38. The number of fused-ring (bicyclic) bond motifs is 2. The third-order valence-electron chi connectivity index (χ3n) is 6.43. The van der Waals surface area contributed by atoms with Gasteiger partial charge in [0.2, 0.25) is 9.84 Å². The van der Waals surface area contributed by atoms with Crippen molar-refractivity contribution in [2.45, 2.75) is 74.1 Å². The molecule has 1 saturated heterocycles. The van der Waals surface area contributed by atoms with Crippen LogP contribution in [0.3, 0.4) is 0 Å². The van der Waals surface area contributed by atoms with Gasteiger partial charge in [-0.05, 0) is 73.5 Å². The second kappa shape index (κ2) is 8.94. The van der Waals surface area contributed by atoms with Crippen molar-refractivity contribution in [3.05, 3.63) is 59.8 Å². The molecule has 1 fully saturated rings. The summed E-state index contributed by atoms with van der Waals surface area (Å²) in [6.45, 7) is 5.82. The number of hydrogen-bond acceptors (Lipinski definition) is 3. The number of aryl methyl sites for hydroxylation is 1. The molecule has 0 saturated carbocycles. The molecule has 2 N–H and O–H groups in total. The largest absolute Gasteiger partial charge is 0.361 e. The lowest BCUT2D eigenvalue weighted by Gasteiger charge is -2.19. The third-order valence-corrected chi connectivity index (χ3v) is 8.09. The van der Waals surface area contributed by atoms with E-state index >= 15 is 0 Å². The lowest BCUT2D eigenvalue weighted by atomic mass is 9.91. The fourth-order valence-electron chi connectivity index (χ4n) is 4.51. The summed E-state index contributed by atoms with van der Waals surface area (Å²) in [6.07, 6.45) is 10.0. The van der Waals surface area contributed by atoms with E-state index in [1.807, 2.05) is 0 Å². The van der Waals surface area contributed by atoms with Gasteiger partial charge in [0.25, 0.3) is 0 Å². The van der Waals surface area contributed by atoms with E-state index in [0.717, 1.165) is 0 Å². The van der Waals surface area contributed by atoms with Crippen LogP contribution in [0.25, 0.3) is 10.9 Å². The summed E-state index contributed by atoms with van der Waals surface area (Å²) in [5.74, 6) is 0.590. The summed E-state index contributed by atoms with van der Waals surface area (Å²) in [4.78, 5) is 4.44. The van der Waals surface area contributed by atoms with Crippen LogP contribution in [0.15, 0.2) is 58.5 Å². The zero-order valence-corrected chi connectivity index (χ0v) is 18.8. The van der Waals surface area contributed by atoms with Crippen molar-refractivity contribution in [1.82, 2.24) is 10.3 Å². The Morgan fingerprint density at radius 3 is 2.50 bits per heavy atom. The van der Waals surface area contributed by atoms with Crippen molar-refractivity contribution in [2.24, 2.45) is 0 Å². The van der Waals surface area contributed by atoms with Crippen molar-refractivity contribution in [3.8, 4) is 0 Å². The summed E-state index contributed by atoms with van der Waals surface area (Å²) in [6, 6.07) is 14.3. The molecule has 0 amide bonds. The van der Waals surface area contributed by atoms with Crippen LogP contribution in [-0.2, 0) is 16.3 Å². The number of aromatic amines is 1. The van der Waals surface area contributed by atoms with Crippen LogP contribution in [0.5, 0.6) is 0 Å². The molecule has 1 aromatic heterocycles. The highest BCUT2D eigenvalue weighted by atomic mass is 32.2. The smallest absolute Gasteiger partial charge is 0.209 e. The van der Waals surface area contributed by atoms with Crippen molar-refractivity contribution in [2.75, 3.05) is 6.54 Å². The third kappa shape index (κ3) is 4.33. The molecule has 0 radical (unpaired) electrons. The van der Waals surface area contributed by atoms with Gasteiger partial charge in [0.15, 0.2) is 0 Å². The first-order chi connectivity index (χ1) is 14.5. The van der Waals surface area contributed by atoms with Crippen molar-refractivity contribution in [1.29, 1.82) is 0 Å². The minimum Gasteiger partial charge on any atom is -0.361 e. The lowest BCUT2D eigenvalue weighted by molar-refractivity contribution is 0.520.